The number of unbranched alkanes of at least 4 members (excludes halogenated alkanes) is 1. The Kier molecular flexibility index (Phi) is 14.9. The average Bonchev–Trinajstić information content (AvgIpc) is 3.20. The number of halogens is 1. The number of allylic oxidation sites excluding steroid dienone is 3. The lowest BCUT2D eigenvalue weighted by atomic mass is 9.92. The summed E-state index contributed by atoms with van der Waals surface area (Å²) in [7, 11) is 0. The van der Waals surface area contributed by atoms with E-state index < -0.39 is 0 Å². The van der Waals surface area contributed by atoms with Gasteiger partial charge in [-0.3, -0.25) is 4.99 Å². The summed E-state index contributed by atoms with van der Waals surface area (Å²) in [5.74, 6) is 0.355. The van der Waals surface area contributed by atoms with Crippen molar-refractivity contribution in [2.75, 3.05) is 0 Å². The van der Waals surface area contributed by atoms with Gasteiger partial charge in [-0.25, -0.2) is 0 Å². The molecule has 0 aliphatic heterocycles. The Morgan fingerprint density at radius 1 is 1.03 bits per heavy atom. The van der Waals surface area contributed by atoms with Gasteiger partial charge in [-0.1, -0.05) is 87.2 Å². The lowest BCUT2D eigenvalue weighted by Gasteiger charge is -2.14. The smallest absolute Gasteiger partial charge is 0.0460 e. The molecule has 0 spiro atoms. The number of rotatable bonds is 8. The van der Waals surface area contributed by atoms with E-state index in [2.05, 4.69) is 101 Å². The predicted octanol–water partition coefficient (Wildman–Crippen LogP) is 11.4. The van der Waals surface area contributed by atoms with Gasteiger partial charge in [0.05, 0.1) is 0 Å². The minimum Gasteiger partial charge on any atom is -0.358 e. The minimum absolute atomic E-state index is 0.355. The van der Waals surface area contributed by atoms with Crippen LogP contribution in [0.25, 0.3) is 10.9 Å². The molecule has 1 heterocycles. The fraction of sp³-hybridized carbons (Fsp3) is 0.441. The van der Waals surface area contributed by atoms with Crippen LogP contribution in [0.4, 0.5) is 0 Å². The molecule has 0 saturated heterocycles. The van der Waals surface area contributed by atoms with E-state index in [0.717, 1.165) is 30.0 Å². The van der Waals surface area contributed by atoms with Crippen LogP contribution in [-0.4, -0.2) is 10.7 Å². The first-order chi connectivity index (χ1) is 17.5. The molecule has 0 aliphatic rings. The molecule has 0 saturated carbocycles. The maximum atomic E-state index is 6.23. The second kappa shape index (κ2) is 17.0. The molecule has 3 rings (SSSR count). The summed E-state index contributed by atoms with van der Waals surface area (Å²) >= 11 is 6.23. The zero-order valence-electron chi connectivity index (χ0n) is 24.8. The summed E-state index contributed by atoms with van der Waals surface area (Å²) in [6, 6.07) is 15.0. The SMILES string of the molecule is C=C(C)C.CC/C=C(\C)N=C(C)CC.CCCCc1c([C@@H](C)c2ccc(C)cc2)[nH]c2ccc(Cl)cc12. The number of hydrogen-bond donors (Lipinski definition) is 1. The maximum absolute atomic E-state index is 6.23. The van der Waals surface area contributed by atoms with Gasteiger partial charge in [-0.05, 0) is 89.6 Å². The number of nitrogens with one attached hydrogen (secondary N) is 1. The number of aromatic nitrogens is 1. The van der Waals surface area contributed by atoms with Crippen LogP contribution < -0.4 is 0 Å². The number of benzene rings is 2. The molecule has 0 bridgehead atoms. The number of H-pyrrole nitrogens is 1. The van der Waals surface area contributed by atoms with E-state index in [1.54, 1.807) is 0 Å². The fourth-order valence-electron chi connectivity index (χ4n) is 3.98. The molecule has 0 aliphatic carbocycles. The largest absolute Gasteiger partial charge is 0.358 e. The van der Waals surface area contributed by atoms with Gasteiger partial charge in [0.25, 0.3) is 0 Å². The summed E-state index contributed by atoms with van der Waals surface area (Å²) in [4.78, 5) is 8.02. The molecule has 1 aromatic heterocycles. The number of fused-ring (bicyclic) bond motifs is 1. The van der Waals surface area contributed by atoms with Crippen molar-refractivity contribution in [3.05, 3.63) is 93.8 Å². The van der Waals surface area contributed by atoms with Crippen LogP contribution in [0.1, 0.15) is 109 Å². The van der Waals surface area contributed by atoms with Crippen LogP contribution in [0.5, 0.6) is 0 Å². The quantitative estimate of drug-likeness (QED) is 0.226. The zero-order valence-corrected chi connectivity index (χ0v) is 25.5. The van der Waals surface area contributed by atoms with Gasteiger partial charge in [-0.15, -0.1) is 6.58 Å². The highest BCUT2D eigenvalue weighted by Gasteiger charge is 2.18. The Bertz CT molecular complexity index is 1160. The third kappa shape index (κ3) is 11.6. The Labute approximate surface area is 232 Å². The van der Waals surface area contributed by atoms with Gasteiger partial charge < -0.3 is 4.98 Å². The molecule has 3 aromatic rings. The molecule has 0 amide bonds. The number of aliphatic imine (C=N–C) groups is 1. The zero-order chi connectivity index (χ0) is 28.0. The molecule has 0 unspecified atom stereocenters. The Morgan fingerprint density at radius 3 is 2.19 bits per heavy atom. The fourth-order valence-corrected chi connectivity index (χ4v) is 4.15. The molecule has 1 N–H and O–H groups in total. The second-order valence-electron chi connectivity index (χ2n) is 10.1. The summed E-state index contributed by atoms with van der Waals surface area (Å²) < 4.78 is 0. The monoisotopic (exact) mass is 520 g/mol. The summed E-state index contributed by atoms with van der Waals surface area (Å²) in [5.41, 5.74) is 10.1. The topological polar surface area (TPSA) is 28.1 Å². The van der Waals surface area contributed by atoms with Gasteiger partial charge in [-0.2, -0.15) is 0 Å². The lowest BCUT2D eigenvalue weighted by molar-refractivity contribution is 0.775. The number of aryl methyl sites for hydroxylation is 2. The molecule has 3 heteroatoms. The number of nitrogens with zero attached hydrogens (tertiary/aromatic N) is 1. The Hall–Kier alpha value is -2.58. The Morgan fingerprint density at radius 2 is 1.65 bits per heavy atom. The highest BCUT2D eigenvalue weighted by molar-refractivity contribution is 6.31. The number of hydrogen-bond acceptors (Lipinski definition) is 1. The maximum Gasteiger partial charge on any atom is 0.0460 e. The standard InChI is InChI=1S/C21H24ClN.C9H17N.C4H8/c1-4-5-6-18-19-13-17(22)11-12-20(19)23-21(18)15(3)16-9-7-14(2)8-10-16;1-5-7-9(4)10-8(3)6-2;1-4(2)3/h7-13,15,23H,4-6H2,1-3H3;7H,5-6H2,1-4H3;1H2,2-3H3/b;9-7+,10-8?;/t15-;;/m0../s1. The molecule has 2 aromatic carbocycles. The Balaban J connectivity index is 0.000000409. The van der Waals surface area contributed by atoms with Gasteiger partial charge in [0.2, 0.25) is 0 Å². The van der Waals surface area contributed by atoms with Crippen molar-refractivity contribution in [3.8, 4) is 0 Å². The molecular formula is C34H49ClN2. The second-order valence-corrected chi connectivity index (χ2v) is 10.5. The van der Waals surface area contributed by atoms with Gasteiger partial charge >= 0.3 is 0 Å². The van der Waals surface area contributed by atoms with Crippen LogP contribution in [0.15, 0.2) is 71.4 Å². The highest BCUT2D eigenvalue weighted by Crippen LogP contribution is 2.34. The molecule has 202 valence electrons. The van der Waals surface area contributed by atoms with Crippen molar-refractivity contribution >= 4 is 28.2 Å². The van der Waals surface area contributed by atoms with E-state index in [0.29, 0.717) is 5.92 Å². The third-order valence-electron chi connectivity index (χ3n) is 6.07. The van der Waals surface area contributed by atoms with Gasteiger partial charge in [0.15, 0.2) is 0 Å². The molecule has 1 atom stereocenters. The molecule has 0 radical (unpaired) electrons. The van der Waals surface area contributed by atoms with Crippen molar-refractivity contribution in [3.63, 3.8) is 0 Å². The van der Waals surface area contributed by atoms with E-state index in [1.807, 2.05) is 26.8 Å². The minimum atomic E-state index is 0.355. The molecule has 0 fully saturated rings. The van der Waals surface area contributed by atoms with E-state index in [9.17, 15) is 0 Å². The first-order valence-electron chi connectivity index (χ1n) is 13.7. The van der Waals surface area contributed by atoms with E-state index in [1.165, 1.54) is 57.4 Å². The van der Waals surface area contributed by atoms with Crippen LogP contribution >= 0.6 is 11.6 Å². The summed E-state index contributed by atoms with van der Waals surface area (Å²) in [6.07, 6.45) is 7.77. The van der Waals surface area contributed by atoms with Crippen molar-refractivity contribution in [2.45, 2.75) is 100 Å². The average molecular weight is 521 g/mol. The highest BCUT2D eigenvalue weighted by atomic mass is 35.5. The number of aromatic amines is 1. The molecular weight excluding hydrogens is 472 g/mol. The van der Waals surface area contributed by atoms with Crippen LogP contribution in [0.2, 0.25) is 5.02 Å². The van der Waals surface area contributed by atoms with Crippen molar-refractivity contribution < 1.29 is 0 Å². The van der Waals surface area contributed by atoms with Crippen LogP contribution in [-0.2, 0) is 6.42 Å². The predicted molar refractivity (Wildman–Crippen MR) is 169 cm³/mol. The molecule has 2 nitrogen and oxygen atoms in total. The van der Waals surface area contributed by atoms with E-state index in [4.69, 9.17) is 11.6 Å². The summed E-state index contributed by atoms with van der Waals surface area (Å²) in [6.45, 7) is 22.5. The van der Waals surface area contributed by atoms with Crippen LogP contribution in [0, 0.1) is 6.92 Å². The third-order valence-corrected chi connectivity index (χ3v) is 6.31. The van der Waals surface area contributed by atoms with Crippen molar-refractivity contribution in [1.29, 1.82) is 0 Å². The lowest BCUT2D eigenvalue weighted by Crippen LogP contribution is -2.01. The van der Waals surface area contributed by atoms with Crippen molar-refractivity contribution in [2.24, 2.45) is 4.99 Å². The first kappa shape index (κ1) is 32.4. The normalized spacial score (nSPS) is 12.4. The van der Waals surface area contributed by atoms with Gasteiger partial charge in [0, 0.05) is 38.9 Å². The van der Waals surface area contributed by atoms with Crippen LogP contribution in [0.3, 0.4) is 0 Å². The molecule has 37 heavy (non-hydrogen) atoms. The summed E-state index contributed by atoms with van der Waals surface area (Å²) in [5, 5.41) is 2.09. The van der Waals surface area contributed by atoms with E-state index in [-0.39, 0.29) is 0 Å². The van der Waals surface area contributed by atoms with Gasteiger partial charge in [0.1, 0.15) is 0 Å². The van der Waals surface area contributed by atoms with E-state index >= 15 is 0 Å². The first-order valence-corrected chi connectivity index (χ1v) is 14.1. The van der Waals surface area contributed by atoms with Crippen molar-refractivity contribution in [1.82, 2.24) is 4.98 Å².